The van der Waals surface area contributed by atoms with E-state index in [-0.39, 0.29) is 5.54 Å². The SMILES string of the molecule is CCNC(c1ccc(C)c(Cl)c1)C(C)(CC)N1CCCC1. The van der Waals surface area contributed by atoms with Crippen molar-refractivity contribution in [3.8, 4) is 0 Å². The third-order valence-electron chi connectivity index (χ3n) is 5.10. The van der Waals surface area contributed by atoms with E-state index < -0.39 is 0 Å². The van der Waals surface area contributed by atoms with Gasteiger partial charge in [0, 0.05) is 10.6 Å². The van der Waals surface area contributed by atoms with Crippen molar-refractivity contribution in [3.63, 3.8) is 0 Å². The summed E-state index contributed by atoms with van der Waals surface area (Å²) >= 11 is 6.37. The topological polar surface area (TPSA) is 15.3 Å². The van der Waals surface area contributed by atoms with E-state index in [4.69, 9.17) is 11.6 Å². The summed E-state index contributed by atoms with van der Waals surface area (Å²) in [4.78, 5) is 2.66. The lowest BCUT2D eigenvalue weighted by Gasteiger charge is -2.45. The minimum atomic E-state index is 0.144. The van der Waals surface area contributed by atoms with Crippen LogP contribution in [0.1, 0.15) is 57.2 Å². The molecule has 118 valence electrons. The molecule has 1 fully saturated rings. The molecule has 0 amide bonds. The Morgan fingerprint density at radius 3 is 2.48 bits per heavy atom. The lowest BCUT2D eigenvalue weighted by molar-refractivity contribution is 0.0846. The van der Waals surface area contributed by atoms with Crippen molar-refractivity contribution in [1.82, 2.24) is 10.2 Å². The van der Waals surface area contributed by atoms with E-state index in [0.29, 0.717) is 6.04 Å². The lowest BCUT2D eigenvalue weighted by atomic mass is 9.82. The first-order chi connectivity index (χ1) is 10.0. The van der Waals surface area contributed by atoms with Gasteiger partial charge in [-0.15, -0.1) is 0 Å². The Morgan fingerprint density at radius 2 is 1.95 bits per heavy atom. The number of nitrogens with one attached hydrogen (secondary N) is 1. The molecule has 0 spiro atoms. The molecule has 2 rings (SSSR count). The molecule has 0 bridgehead atoms. The van der Waals surface area contributed by atoms with Crippen LogP contribution >= 0.6 is 11.6 Å². The number of likely N-dealkylation sites (N-methyl/N-ethyl adjacent to an activating group) is 1. The Morgan fingerprint density at radius 1 is 1.29 bits per heavy atom. The van der Waals surface area contributed by atoms with Gasteiger partial charge in [-0.2, -0.15) is 0 Å². The fourth-order valence-corrected chi connectivity index (χ4v) is 3.72. The van der Waals surface area contributed by atoms with Crippen LogP contribution in [0.15, 0.2) is 18.2 Å². The second kappa shape index (κ2) is 7.13. The van der Waals surface area contributed by atoms with Crippen molar-refractivity contribution in [2.75, 3.05) is 19.6 Å². The van der Waals surface area contributed by atoms with Gasteiger partial charge in [0.05, 0.1) is 6.04 Å². The molecule has 2 nitrogen and oxygen atoms in total. The van der Waals surface area contributed by atoms with Gasteiger partial charge in [0.15, 0.2) is 0 Å². The zero-order valence-electron chi connectivity index (χ0n) is 13.9. The van der Waals surface area contributed by atoms with Crippen molar-refractivity contribution in [2.24, 2.45) is 0 Å². The van der Waals surface area contributed by atoms with E-state index >= 15 is 0 Å². The fraction of sp³-hybridized carbons (Fsp3) is 0.667. The highest BCUT2D eigenvalue weighted by Gasteiger charge is 2.39. The number of halogens is 1. The van der Waals surface area contributed by atoms with Crippen LogP contribution in [-0.4, -0.2) is 30.1 Å². The molecule has 0 saturated carbocycles. The minimum Gasteiger partial charge on any atom is -0.309 e. The predicted octanol–water partition coefficient (Wildman–Crippen LogP) is 4.56. The van der Waals surface area contributed by atoms with E-state index in [1.165, 1.54) is 31.5 Å². The zero-order valence-corrected chi connectivity index (χ0v) is 14.6. The van der Waals surface area contributed by atoms with E-state index in [9.17, 15) is 0 Å². The maximum Gasteiger partial charge on any atom is 0.0504 e. The average Bonchev–Trinajstić information content (AvgIpc) is 3.02. The van der Waals surface area contributed by atoms with Gasteiger partial charge in [-0.05, 0) is 69.9 Å². The number of aryl methyl sites for hydroxylation is 1. The first-order valence-electron chi connectivity index (χ1n) is 8.27. The van der Waals surface area contributed by atoms with Gasteiger partial charge < -0.3 is 5.32 Å². The zero-order chi connectivity index (χ0) is 15.5. The molecule has 1 heterocycles. The summed E-state index contributed by atoms with van der Waals surface area (Å²) in [6.45, 7) is 12.4. The molecule has 1 aromatic carbocycles. The molecule has 1 aliphatic heterocycles. The lowest BCUT2D eigenvalue weighted by Crippen LogP contribution is -2.53. The van der Waals surface area contributed by atoms with Crippen LogP contribution in [0, 0.1) is 6.92 Å². The highest BCUT2D eigenvalue weighted by atomic mass is 35.5. The van der Waals surface area contributed by atoms with Gasteiger partial charge in [-0.1, -0.05) is 37.6 Å². The summed E-state index contributed by atoms with van der Waals surface area (Å²) in [6.07, 6.45) is 3.78. The molecule has 1 N–H and O–H groups in total. The standard InChI is InChI=1S/C18H29ClN2/c1-5-18(4,21-11-7-8-12-21)17(20-6-2)15-10-9-14(3)16(19)13-15/h9-10,13,17,20H,5-8,11-12H2,1-4H3. The van der Waals surface area contributed by atoms with Crippen molar-refractivity contribution in [1.29, 1.82) is 0 Å². The second-order valence-corrected chi connectivity index (χ2v) is 6.81. The average molecular weight is 309 g/mol. The Bertz CT molecular complexity index is 468. The number of rotatable bonds is 6. The summed E-state index contributed by atoms with van der Waals surface area (Å²) in [5, 5.41) is 4.58. The molecule has 0 radical (unpaired) electrons. The molecule has 1 aromatic rings. The predicted molar refractivity (Wildman–Crippen MR) is 92.1 cm³/mol. The maximum absolute atomic E-state index is 6.37. The minimum absolute atomic E-state index is 0.144. The molecular weight excluding hydrogens is 280 g/mol. The highest BCUT2D eigenvalue weighted by molar-refractivity contribution is 6.31. The van der Waals surface area contributed by atoms with E-state index in [1.54, 1.807) is 0 Å². The Kier molecular flexibility index (Phi) is 5.70. The number of benzene rings is 1. The third-order valence-corrected chi connectivity index (χ3v) is 5.51. The van der Waals surface area contributed by atoms with Crippen LogP contribution in [-0.2, 0) is 0 Å². The molecule has 1 saturated heterocycles. The van der Waals surface area contributed by atoms with Crippen LogP contribution in [0.3, 0.4) is 0 Å². The normalized spacial score (nSPS) is 20.4. The van der Waals surface area contributed by atoms with Gasteiger partial charge in [0.2, 0.25) is 0 Å². The van der Waals surface area contributed by atoms with Crippen LogP contribution in [0.5, 0.6) is 0 Å². The number of hydrogen-bond donors (Lipinski definition) is 1. The first kappa shape index (κ1) is 16.8. The van der Waals surface area contributed by atoms with Crippen molar-refractivity contribution in [2.45, 2.75) is 58.5 Å². The summed E-state index contributed by atoms with van der Waals surface area (Å²) in [5.41, 5.74) is 2.60. The molecule has 3 heteroatoms. The first-order valence-corrected chi connectivity index (χ1v) is 8.65. The van der Waals surface area contributed by atoms with Gasteiger partial charge >= 0.3 is 0 Å². The van der Waals surface area contributed by atoms with E-state index in [0.717, 1.165) is 23.6 Å². The van der Waals surface area contributed by atoms with Crippen LogP contribution < -0.4 is 5.32 Å². The van der Waals surface area contributed by atoms with Crippen LogP contribution in [0.25, 0.3) is 0 Å². The molecule has 0 aromatic heterocycles. The van der Waals surface area contributed by atoms with Crippen molar-refractivity contribution < 1.29 is 0 Å². The van der Waals surface area contributed by atoms with Crippen molar-refractivity contribution in [3.05, 3.63) is 34.3 Å². The smallest absolute Gasteiger partial charge is 0.0504 e. The highest BCUT2D eigenvalue weighted by Crippen LogP contribution is 2.37. The number of hydrogen-bond acceptors (Lipinski definition) is 2. The van der Waals surface area contributed by atoms with Gasteiger partial charge in [-0.3, -0.25) is 4.90 Å². The maximum atomic E-state index is 6.37. The molecular formula is C18H29ClN2. The summed E-state index contributed by atoms with van der Waals surface area (Å²) in [7, 11) is 0. The molecule has 21 heavy (non-hydrogen) atoms. The Hall–Kier alpha value is -0.570. The number of nitrogens with zero attached hydrogens (tertiary/aromatic N) is 1. The van der Waals surface area contributed by atoms with Crippen LogP contribution in [0.2, 0.25) is 5.02 Å². The fourth-order valence-electron chi connectivity index (χ4n) is 3.53. The summed E-state index contributed by atoms with van der Waals surface area (Å²) < 4.78 is 0. The third kappa shape index (κ3) is 3.44. The van der Waals surface area contributed by atoms with Gasteiger partial charge in [0.25, 0.3) is 0 Å². The monoisotopic (exact) mass is 308 g/mol. The van der Waals surface area contributed by atoms with Gasteiger partial charge in [0.1, 0.15) is 0 Å². The molecule has 1 aliphatic rings. The molecule has 0 aliphatic carbocycles. The second-order valence-electron chi connectivity index (χ2n) is 6.40. The number of likely N-dealkylation sites (tertiary alicyclic amines) is 1. The Balaban J connectivity index is 2.37. The van der Waals surface area contributed by atoms with E-state index in [1.807, 2.05) is 0 Å². The van der Waals surface area contributed by atoms with Gasteiger partial charge in [-0.25, -0.2) is 0 Å². The summed E-state index contributed by atoms with van der Waals surface area (Å²) in [6, 6.07) is 6.85. The molecule has 2 atom stereocenters. The quantitative estimate of drug-likeness (QED) is 0.828. The Labute approximate surface area is 134 Å². The molecule has 2 unspecified atom stereocenters. The van der Waals surface area contributed by atoms with Crippen molar-refractivity contribution >= 4 is 11.6 Å². The summed E-state index contributed by atoms with van der Waals surface area (Å²) in [5.74, 6) is 0. The van der Waals surface area contributed by atoms with E-state index in [2.05, 4.69) is 56.1 Å². The van der Waals surface area contributed by atoms with Crippen LogP contribution in [0.4, 0.5) is 0 Å². The largest absolute Gasteiger partial charge is 0.309 e.